The van der Waals surface area contributed by atoms with E-state index in [1.54, 1.807) is 21.6 Å². The van der Waals surface area contributed by atoms with E-state index in [-0.39, 0.29) is 35.5 Å². The Balaban J connectivity index is 0. The molecule has 0 unspecified atom stereocenters. The van der Waals surface area contributed by atoms with Crippen LogP contribution in [0.3, 0.4) is 0 Å². The molecule has 0 aliphatic rings. The SMILES string of the molecule is CC.CC/C=C\C/C=C\C/C=C\C/C=C\C/C=C\C/C=C\CC(=O)NCCSSCCNC(=O)CCNC(=O)[C@H](C)C(C)(C)CC. The molecule has 0 bridgehead atoms. The van der Waals surface area contributed by atoms with Gasteiger partial charge < -0.3 is 16.0 Å². The second kappa shape index (κ2) is 33.9. The summed E-state index contributed by atoms with van der Waals surface area (Å²) < 4.78 is 0. The number of allylic oxidation sites excluding steroid dienone is 11. The number of carbonyl (C=O) groups excluding carboxylic acids is 3. The standard InChI is InChI=1S/C36H59N3O3S2.C2H6/c1-6-8-9-10-11-12-13-14-15-16-17-18-19-20-21-22-23-24-25-33(40)37-28-30-43-44-31-29-38-34(41)26-27-39-35(42)32(3)36(4,5)7-2;1-2/h8-9,11-12,14-15,17-18,20-21,23-24,32H,6-7,10,13,16,19,22,25-31H2,1-5H3,(H,37,40)(H,38,41)(H,39,42);1-2H3/b9-8-,12-11-,15-14-,18-17-,21-20-,24-23-;/t32-;/m0./s1. The summed E-state index contributed by atoms with van der Waals surface area (Å²) in [5, 5.41) is 8.69. The topological polar surface area (TPSA) is 87.3 Å². The first-order valence-electron chi connectivity index (χ1n) is 17.2. The molecular formula is C38H65N3O3S2. The van der Waals surface area contributed by atoms with Crippen molar-refractivity contribution in [2.75, 3.05) is 31.1 Å². The summed E-state index contributed by atoms with van der Waals surface area (Å²) in [6.45, 7) is 15.9. The first-order valence-corrected chi connectivity index (χ1v) is 19.7. The number of amides is 3. The summed E-state index contributed by atoms with van der Waals surface area (Å²) >= 11 is 0. The van der Waals surface area contributed by atoms with Crippen LogP contribution < -0.4 is 16.0 Å². The smallest absolute Gasteiger partial charge is 0.223 e. The Morgan fingerprint density at radius 2 is 1.02 bits per heavy atom. The molecule has 0 aliphatic carbocycles. The average molecular weight is 676 g/mol. The summed E-state index contributed by atoms with van der Waals surface area (Å²) in [7, 11) is 3.35. The van der Waals surface area contributed by atoms with Crippen LogP contribution in [0.25, 0.3) is 0 Å². The van der Waals surface area contributed by atoms with Gasteiger partial charge in [0.1, 0.15) is 0 Å². The lowest BCUT2D eigenvalue weighted by molar-refractivity contribution is -0.128. The third-order valence-corrected chi connectivity index (χ3v) is 9.53. The third-order valence-electron chi connectivity index (χ3n) is 7.13. The minimum atomic E-state index is -0.0922. The van der Waals surface area contributed by atoms with Gasteiger partial charge in [-0.1, -0.05) is 149 Å². The van der Waals surface area contributed by atoms with Crippen molar-refractivity contribution in [3.05, 3.63) is 72.9 Å². The van der Waals surface area contributed by atoms with E-state index in [0.717, 1.165) is 56.5 Å². The van der Waals surface area contributed by atoms with Crippen LogP contribution in [0.5, 0.6) is 0 Å². The monoisotopic (exact) mass is 675 g/mol. The highest BCUT2D eigenvalue weighted by Crippen LogP contribution is 2.30. The van der Waals surface area contributed by atoms with Gasteiger partial charge in [-0.25, -0.2) is 0 Å². The minimum absolute atomic E-state index is 0.000979. The van der Waals surface area contributed by atoms with Crippen molar-refractivity contribution >= 4 is 39.3 Å². The molecule has 0 heterocycles. The molecule has 0 aromatic rings. The zero-order valence-electron chi connectivity index (χ0n) is 29.9. The molecule has 0 fully saturated rings. The normalized spacial score (nSPS) is 12.8. The Bertz CT molecular complexity index is 953. The van der Waals surface area contributed by atoms with Crippen molar-refractivity contribution in [3.63, 3.8) is 0 Å². The van der Waals surface area contributed by atoms with E-state index < -0.39 is 0 Å². The summed E-state index contributed by atoms with van der Waals surface area (Å²) in [6.07, 6.45) is 33.2. The van der Waals surface area contributed by atoms with E-state index in [1.165, 1.54) is 0 Å². The molecular weight excluding hydrogens is 611 g/mol. The molecule has 0 aromatic heterocycles. The fourth-order valence-electron chi connectivity index (χ4n) is 3.57. The van der Waals surface area contributed by atoms with Gasteiger partial charge >= 0.3 is 0 Å². The summed E-state index contributed by atoms with van der Waals surface area (Å²) in [5.41, 5.74) is -0.0566. The molecule has 262 valence electrons. The second-order valence-electron chi connectivity index (χ2n) is 11.1. The zero-order valence-corrected chi connectivity index (χ0v) is 31.6. The van der Waals surface area contributed by atoms with Gasteiger partial charge in [-0.05, 0) is 43.9 Å². The molecule has 6 nitrogen and oxygen atoms in total. The summed E-state index contributed by atoms with van der Waals surface area (Å²) in [6, 6.07) is 0. The highest BCUT2D eigenvalue weighted by Gasteiger charge is 2.29. The second-order valence-corrected chi connectivity index (χ2v) is 13.8. The van der Waals surface area contributed by atoms with Crippen LogP contribution in [0.1, 0.15) is 106 Å². The lowest BCUT2D eigenvalue weighted by Gasteiger charge is -2.29. The van der Waals surface area contributed by atoms with Crippen molar-refractivity contribution in [2.45, 2.75) is 106 Å². The predicted molar refractivity (Wildman–Crippen MR) is 206 cm³/mol. The fourth-order valence-corrected chi connectivity index (χ4v) is 5.38. The lowest BCUT2D eigenvalue weighted by atomic mass is 9.77. The fraction of sp³-hybridized carbons (Fsp3) is 0.605. The molecule has 0 spiro atoms. The van der Waals surface area contributed by atoms with Crippen molar-refractivity contribution in [1.29, 1.82) is 0 Å². The highest BCUT2D eigenvalue weighted by molar-refractivity contribution is 8.76. The van der Waals surface area contributed by atoms with Gasteiger partial charge in [0.15, 0.2) is 0 Å². The molecule has 0 aromatic carbocycles. The molecule has 0 rings (SSSR count). The molecule has 8 heteroatoms. The van der Waals surface area contributed by atoms with E-state index in [1.807, 2.05) is 32.9 Å². The van der Waals surface area contributed by atoms with E-state index in [9.17, 15) is 14.4 Å². The Kier molecular flexibility index (Phi) is 33.7. The van der Waals surface area contributed by atoms with E-state index >= 15 is 0 Å². The van der Waals surface area contributed by atoms with Gasteiger partial charge in [0.05, 0.1) is 0 Å². The third kappa shape index (κ3) is 30.2. The van der Waals surface area contributed by atoms with Gasteiger partial charge in [0.2, 0.25) is 17.7 Å². The number of rotatable bonds is 26. The van der Waals surface area contributed by atoms with Crippen LogP contribution in [0, 0.1) is 11.3 Å². The lowest BCUT2D eigenvalue weighted by Crippen LogP contribution is -2.39. The number of hydrogen-bond acceptors (Lipinski definition) is 5. The number of hydrogen-bond donors (Lipinski definition) is 3. The Labute approximate surface area is 290 Å². The van der Waals surface area contributed by atoms with Crippen LogP contribution >= 0.6 is 21.6 Å². The highest BCUT2D eigenvalue weighted by atomic mass is 33.1. The van der Waals surface area contributed by atoms with Crippen molar-refractivity contribution < 1.29 is 14.4 Å². The number of nitrogens with one attached hydrogen (secondary N) is 3. The largest absolute Gasteiger partial charge is 0.355 e. The van der Waals surface area contributed by atoms with Crippen molar-refractivity contribution in [2.24, 2.45) is 11.3 Å². The molecule has 1 atom stereocenters. The molecule has 0 saturated carbocycles. The van der Waals surface area contributed by atoms with Gasteiger partial charge in [0.25, 0.3) is 0 Å². The average Bonchev–Trinajstić information content (AvgIpc) is 3.05. The molecule has 0 aliphatic heterocycles. The van der Waals surface area contributed by atoms with E-state index in [0.29, 0.717) is 26.1 Å². The molecule has 46 heavy (non-hydrogen) atoms. The first-order chi connectivity index (χ1) is 22.2. The summed E-state index contributed by atoms with van der Waals surface area (Å²) in [5.74, 6) is 1.48. The van der Waals surface area contributed by atoms with Gasteiger partial charge in [-0.2, -0.15) is 0 Å². The molecule has 3 N–H and O–H groups in total. The van der Waals surface area contributed by atoms with Gasteiger partial charge in [0, 0.05) is 49.9 Å². The summed E-state index contributed by atoms with van der Waals surface area (Å²) in [4.78, 5) is 36.2. The van der Waals surface area contributed by atoms with Crippen LogP contribution in [-0.4, -0.2) is 48.9 Å². The minimum Gasteiger partial charge on any atom is -0.355 e. The molecule has 0 radical (unpaired) electrons. The van der Waals surface area contributed by atoms with Crippen LogP contribution in [0.4, 0.5) is 0 Å². The zero-order chi connectivity index (χ0) is 34.7. The van der Waals surface area contributed by atoms with Gasteiger partial charge in [-0.3, -0.25) is 14.4 Å². The Morgan fingerprint density at radius 3 is 1.46 bits per heavy atom. The molecule has 0 saturated heterocycles. The van der Waals surface area contributed by atoms with Crippen LogP contribution in [0.2, 0.25) is 0 Å². The predicted octanol–water partition coefficient (Wildman–Crippen LogP) is 9.29. The molecule has 3 amide bonds. The maximum Gasteiger partial charge on any atom is 0.223 e. The van der Waals surface area contributed by atoms with Crippen LogP contribution in [0.15, 0.2) is 72.9 Å². The van der Waals surface area contributed by atoms with E-state index in [2.05, 4.69) is 104 Å². The maximum absolute atomic E-state index is 12.3. The van der Waals surface area contributed by atoms with Crippen molar-refractivity contribution in [1.82, 2.24) is 16.0 Å². The quantitative estimate of drug-likeness (QED) is 0.0483. The van der Waals surface area contributed by atoms with Crippen molar-refractivity contribution in [3.8, 4) is 0 Å². The van der Waals surface area contributed by atoms with Crippen LogP contribution in [-0.2, 0) is 14.4 Å². The number of carbonyl (C=O) groups is 3. The maximum atomic E-state index is 12.3. The van der Waals surface area contributed by atoms with E-state index in [4.69, 9.17) is 0 Å². The Hall–Kier alpha value is -2.45. The van der Waals surface area contributed by atoms with Gasteiger partial charge in [-0.15, -0.1) is 0 Å². The first kappa shape index (κ1) is 45.7. The Morgan fingerprint density at radius 1 is 0.609 bits per heavy atom.